The number of nitriles is 1. The first-order valence-electron chi connectivity index (χ1n) is 7.61. The molecule has 0 bridgehead atoms. The summed E-state index contributed by atoms with van der Waals surface area (Å²) < 4.78 is 0. The van der Waals surface area contributed by atoms with Gasteiger partial charge >= 0.3 is 0 Å². The van der Waals surface area contributed by atoms with E-state index in [2.05, 4.69) is 11.6 Å². The lowest BCUT2D eigenvalue weighted by Gasteiger charge is -2.41. The zero-order valence-electron chi connectivity index (χ0n) is 13.3. The number of amides is 1. The van der Waals surface area contributed by atoms with E-state index in [9.17, 15) is 14.7 Å². The third kappa shape index (κ3) is 3.35. The number of aromatic amines is 1. The number of hydrogen-bond acceptors (Lipinski definition) is 4. The number of H-pyrrole nitrogens is 1. The summed E-state index contributed by atoms with van der Waals surface area (Å²) in [4.78, 5) is 28.6. The largest absolute Gasteiger partial charge is 0.396 e. The fourth-order valence-corrected chi connectivity index (χ4v) is 3.15. The van der Waals surface area contributed by atoms with Crippen molar-refractivity contribution in [3.63, 3.8) is 0 Å². The zero-order valence-corrected chi connectivity index (χ0v) is 13.3. The van der Waals surface area contributed by atoms with Crippen LogP contribution in [0.15, 0.2) is 23.5 Å². The lowest BCUT2D eigenvalue weighted by Crippen LogP contribution is -2.48. The molecule has 1 aliphatic heterocycles. The van der Waals surface area contributed by atoms with Crippen LogP contribution in [0, 0.1) is 23.7 Å². The summed E-state index contributed by atoms with van der Waals surface area (Å²) in [5.74, 6) is -0.225. The average molecular weight is 315 g/mol. The van der Waals surface area contributed by atoms with Gasteiger partial charge in [0.1, 0.15) is 11.6 Å². The van der Waals surface area contributed by atoms with Crippen LogP contribution in [0.1, 0.15) is 40.9 Å². The quantitative estimate of drug-likeness (QED) is 0.819. The van der Waals surface area contributed by atoms with Crippen molar-refractivity contribution in [3.05, 3.63) is 45.9 Å². The summed E-state index contributed by atoms with van der Waals surface area (Å²) in [6.07, 6.45) is 4.05. The van der Waals surface area contributed by atoms with E-state index in [1.165, 1.54) is 6.07 Å². The van der Waals surface area contributed by atoms with E-state index in [1.54, 1.807) is 24.0 Å². The lowest BCUT2D eigenvalue weighted by atomic mass is 9.77. The predicted molar refractivity (Wildman–Crippen MR) is 86.0 cm³/mol. The molecular weight excluding hydrogens is 294 g/mol. The molecule has 1 fully saturated rings. The molecule has 1 aromatic rings. The second-order valence-corrected chi connectivity index (χ2v) is 6.14. The van der Waals surface area contributed by atoms with Crippen molar-refractivity contribution in [3.8, 4) is 6.07 Å². The minimum Gasteiger partial charge on any atom is -0.396 e. The Hall–Kier alpha value is -2.39. The van der Waals surface area contributed by atoms with Crippen molar-refractivity contribution in [2.75, 3.05) is 19.7 Å². The molecule has 1 atom stereocenters. The van der Waals surface area contributed by atoms with Gasteiger partial charge in [-0.1, -0.05) is 6.08 Å². The molecule has 1 aromatic heterocycles. The van der Waals surface area contributed by atoms with Gasteiger partial charge in [-0.2, -0.15) is 5.26 Å². The van der Waals surface area contributed by atoms with Crippen LogP contribution in [0.4, 0.5) is 0 Å². The number of aliphatic hydroxyl groups excluding tert-OH is 1. The molecule has 122 valence electrons. The van der Waals surface area contributed by atoms with Crippen LogP contribution in [-0.4, -0.2) is 40.6 Å². The second-order valence-electron chi connectivity index (χ2n) is 6.14. The highest BCUT2D eigenvalue weighted by Gasteiger charge is 2.36. The molecule has 23 heavy (non-hydrogen) atoms. The highest BCUT2D eigenvalue weighted by atomic mass is 16.3. The molecule has 0 spiro atoms. The van der Waals surface area contributed by atoms with Crippen molar-refractivity contribution in [2.45, 2.75) is 26.2 Å². The number of piperidine rings is 1. The molecule has 0 aromatic carbocycles. The maximum atomic E-state index is 12.8. The van der Waals surface area contributed by atoms with Crippen molar-refractivity contribution < 1.29 is 9.90 Å². The van der Waals surface area contributed by atoms with Gasteiger partial charge in [-0.15, -0.1) is 6.58 Å². The Kier molecular flexibility index (Phi) is 5.02. The molecule has 1 aliphatic rings. The summed E-state index contributed by atoms with van der Waals surface area (Å²) in [7, 11) is 0. The number of hydrogen-bond donors (Lipinski definition) is 2. The van der Waals surface area contributed by atoms with Crippen LogP contribution in [0.25, 0.3) is 0 Å². The summed E-state index contributed by atoms with van der Waals surface area (Å²) in [5.41, 5.74) is -0.146. The van der Waals surface area contributed by atoms with Crippen LogP contribution in [0.2, 0.25) is 0 Å². The zero-order chi connectivity index (χ0) is 17.0. The fraction of sp³-hybridized carbons (Fsp3) is 0.471. The number of allylic oxidation sites excluding steroid dienone is 1. The van der Waals surface area contributed by atoms with Gasteiger partial charge in [-0.25, -0.2) is 0 Å². The smallest absolute Gasteiger partial charge is 0.266 e. The Labute approximate surface area is 135 Å². The fourth-order valence-electron chi connectivity index (χ4n) is 3.15. The van der Waals surface area contributed by atoms with Crippen molar-refractivity contribution >= 4 is 5.91 Å². The monoisotopic (exact) mass is 315 g/mol. The summed E-state index contributed by atoms with van der Waals surface area (Å²) >= 11 is 0. The van der Waals surface area contributed by atoms with Gasteiger partial charge < -0.3 is 15.0 Å². The number of nitrogens with one attached hydrogen (secondary N) is 1. The van der Waals surface area contributed by atoms with Gasteiger partial charge in [0.25, 0.3) is 11.5 Å². The molecule has 6 nitrogen and oxygen atoms in total. The van der Waals surface area contributed by atoms with Crippen LogP contribution >= 0.6 is 0 Å². The molecule has 6 heteroatoms. The number of carbonyl (C=O) groups is 1. The van der Waals surface area contributed by atoms with Crippen LogP contribution < -0.4 is 5.56 Å². The number of rotatable bonds is 4. The first-order chi connectivity index (χ1) is 11.0. The lowest BCUT2D eigenvalue weighted by molar-refractivity contribution is 0.0284. The molecule has 1 amide bonds. The van der Waals surface area contributed by atoms with Gasteiger partial charge in [0.2, 0.25) is 0 Å². The Morgan fingerprint density at radius 2 is 2.39 bits per heavy atom. The molecule has 0 radical (unpaired) electrons. The highest BCUT2D eigenvalue weighted by Crippen LogP contribution is 2.34. The molecular formula is C17H21N3O3. The molecule has 1 saturated heterocycles. The van der Waals surface area contributed by atoms with Gasteiger partial charge in [-0.3, -0.25) is 9.59 Å². The number of aliphatic hydroxyl groups is 1. The van der Waals surface area contributed by atoms with E-state index < -0.39 is 5.56 Å². The SMILES string of the molecule is C=CC[C@@]1(CO)CCCN(C(=O)c2cc(C#N)c(=O)[nH]c2C)C1. The number of aromatic nitrogens is 1. The number of carbonyl (C=O) groups excluding carboxylic acids is 1. The van der Waals surface area contributed by atoms with E-state index in [0.29, 0.717) is 30.8 Å². The first-order valence-corrected chi connectivity index (χ1v) is 7.61. The topological polar surface area (TPSA) is 97.2 Å². The summed E-state index contributed by atoms with van der Waals surface area (Å²) in [6, 6.07) is 3.15. The number of likely N-dealkylation sites (tertiary alicyclic amines) is 1. The molecule has 0 unspecified atom stereocenters. The highest BCUT2D eigenvalue weighted by molar-refractivity contribution is 5.95. The molecule has 2 heterocycles. The van der Waals surface area contributed by atoms with E-state index in [4.69, 9.17) is 5.26 Å². The van der Waals surface area contributed by atoms with E-state index in [-0.39, 0.29) is 23.5 Å². The summed E-state index contributed by atoms with van der Waals surface area (Å²) in [6.45, 7) is 6.41. The van der Waals surface area contributed by atoms with Crippen molar-refractivity contribution in [2.24, 2.45) is 5.41 Å². The Bertz CT molecular complexity index is 717. The van der Waals surface area contributed by atoms with Crippen LogP contribution in [-0.2, 0) is 0 Å². The van der Waals surface area contributed by atoms with Crippen molar-refractivity contribution in [1.29, 1.82) is 5.26 Å². The minimum absolute atomic E-state index is 0.00312. The maximum Gasteiger partial charge on any atom is 0.266 e. The molecule has 2 N–H and O–H groups in total. The normalized spacial score (nSPS) is 20.8. The Morgan fingerprint density at radius 3 is 3.00 bits per heavy atom. The summed E-state index contributed by atoms with van der Waals surface area (Å²) in [5, 5.41) is 18.7. The van der Waals surface area contributed by atoms with E-state index >= 15 is 0 Å². The molecule has 0 saturated carbocycles. The minimum atomic E-state index is -0.489. The van der Waals surface area contributed by atoms with Gasteiger partial charge in [0.05, 0.1) is 12.2 Å². The Balaban J connectivity index is 2.32. The third-order valence-corrected chi connectivity index (χ3v) is 4.45. The van der Waals surface area contributed by atoms with Gasteiger partial charge in [0.15, 0.2) is 0 Å². The van der Waals surface area contributed by atoms with E-state index in [0.717, 1.165) is 12.8 Å². The van der Waals surface area contributed by atoms with Crippen LogP contribution in [0.3, 0.4) is 0 Å². The molecule has 0 aliphatic carbocycles. The maximum absolute atomic E-state index is 12.8. The van der Waals surface area contributed by atoms with Gasteiger partial charge in [0, 0.05) is 24.2 Å². The number of nitrogens with zero attached hydrogens (tertiary/aromatic N) is 2. The Morgan fingerprint density at radius 1 is 1.65 bits per heavy atom. The average Bonchev–Trinajstić information content (AvgIpc) is 2.55. The van der Waals surface area contributed by atoms with Crippen LogP contribution in [0.5, 0.6) is 0 Å². The first kappa shape index (κ1) is 17.0. The third-order valence-electron chi connectivity index (χ3n) is 4.45. The standard InChI is InChI=1S/C17H21N3O3/c1-3-5-17(11-21)6-4-7-20(10-17)16(23)14-8-13(9-18)15(22)19-12(14)2/h3,8,21H,1,4-7,10-11H2,2H3,(H,19,22)/t17-/m1/s1. The predicted octanol–water partition coefficient (Wildman–Crippen LogP) is 1.35. The van der Waals surface area contributed by atoms with Gasteiger partial charge in [-0.05, 0) is 32.3 Å². The number of aryl methyl sites for hydroxylation is 1. The second kappa shape index (κ2) is 6.80. The number of pyridine rings is 1. The van der Waals surface area contributed by atoms with Crippen molar-refractivity contribution in [1.82, 2.24) is 9.88 Å². The van der Waals surface area contributed by atoms with E-state index in [1.807, 2.05) is 0 Å². The molecule has 2 rings (SSSR count).